The van der Waals surface area contributed by atoms with E-state index in [0.717, 1.165) is 12.0 Å². The van der Waals surface area contributed by atoms with Gasteiger partial charge in [0.15, 0.2) is 0 Å². The Morgan fingerprint density at radius 3 is 2.72 bits per heavy atom. The summed E-state index contributed by atoms with van der Waals surface area (Å²) in [5.74, 6) is 1.09. The summed E-state index contributed by atoms with van der Waals surface area (Å²) in [5, 5.41) is 3.64. The zero-order chi connectivity index (χ0) is 12.4. The molecule has 4 heteroatoms. The molecule has 2 fully saturated rings. The Balaban J connectivity index is 1.52. The van der Waals surface area contributed by atoms with Crippen molar-refractivity contribution >= 4 is 5.95 Å². The lowest BCUT2D eigenvalue weighted by Gasteiger charge is -2.32. The smallest absolute Gasteiger partial charge is 0.203 e. The zero-order valence-corrected chi connectivity index (χ0v) is 11.3. The van der Waals surface area contributed by atoms with Crippen molar-refractivity contribution in [3.8, 4) is 0 Å². The van der Waals surface area contributed by atoms with Crippen molar-refractivity contribution in [2.45, 2.75) is 51.1 Å². The molecule has 1 N–H and O–H groups in total. The van der Waals surface area contributed by atoms with E-state index in [1.807, 2.05) is 6.20 Å². The minimum atomic E-state index is 0.609. The molecular weight excluding hydrogens is 224 g/mol. The van der Waals surface area contributed by atoms with Crippen molar-refractivity contribution in [3.05, 3.63) is 12.4 Å². The van der Waals surface area contributed by atoms with Gasteiger partial charge in [-0.05, 0) is 38.6 Å². The Morgan fingerprint density at radius 1 is 1.28 bits per heavy atom. The van der Waals surface area contributed by atoms with Crippen LogP contribution in [0.1, 0.15) is 45.1 Å². The SMILES string of the molecule is CCCN1CCC(Nc2nccn2C2CC2)CC1. The van der Waals surface area contributed by atoms with Crippen LogP contribution >= 0.6 is 0 Å². The van der Waals surface area contributed by atoms with E-state index in [9.17, 15) is 0 Å². The number of piperidine rings is 1. The van der Waals surface area contributed by atoms with Crippen molar-refractivity contribution in [1.82, 2.24) is 14.5 Å². The molecule has 2 heterocycles. The Bertz CT molecular complexity index is 375. The van der Waals surface area contributed by atoms with Crippen LogP contribution in [0.2, 0.25) is 0 Å². The number of likely N-dealkylation sites (tertiary alicyclic amines) is 1. The second-order valence-corrected chi connectivity index (χ2v) is 5.65. The van der Waals surface area contributed by atoms with Crippen LogP contribution in [0.5, 0.6) is 0 Å². The van der Waals surface area contributed by atoms with Gasteiger partial charge in [0.25, 0.3) is 0 Å². The third-order valence-electron chi connectivity index (χ3n) is 4.07. The highest BCUT2D eigenvalue weighted by Crippen LogP contribution is 2.37. The fourth-order valence-electron chi connectivity index (χ4n) is 2.87. The van der Waals surface area contributed by atoms with Crippen LogP contribution in [-0.2, 0) is 0 Å². The largest absolute Gasteiger partial charge is 0.353 e. The normalized spacial score (nSPS) is 22.3. The molecule has 0 bridgehead atoms. The van der Waals surface area contributed by atoms with Crippen LogP contribution in [0.15, 0.2) is 12.4 Å². The molecule has 1 aromatic heterocycles. The molecule has 1 aromatic rings. The molecule has 3 rings (SSSR count). The Hall–Kier alpha value is -1.03. The summed E-state index contributed by atoms with van der Waals surface area (Å²) in [6.45, 7) is 5.98. The summed E-state index contributed by atoms with van der Waals surface area (Å²) in [4.78, 5) is 7.04. The standard InChI is InChI=1S/C14H24N4/c1-2-8-17-9-5-12(6-10-17)16-14-15-7-11-18(14)13-3-4-13/h7,11-13H,2-6,8-10H2,1H3,(H,15,16). The molecule has 0 atom stereocenters. The first-order valence-corrected chi connectivity index (χ1v) is 7.38. The van der Waals surface area contributed by atoms with E-state index >= 15 is 0 Å². The van der Waals surface area contributed by atoms with Crippen LogP contribution in [0.3, 0.4) is 0 Å². The van der Waals surface area contributed by atoms with Crippen molar-refractivity contribution in [2.75, 3.05) is 25.0 Å². The average molecular weight is 248 g/mol. The fraction of sp³-hybridized carbons (Fsp3) is 0.786. The van der Waals surface area contributed by atoms with Gasteiger partial charge in [-0.1, -0.05) is 6.92 Å². The lowest BCUT2D eigenvalue weighted by molar-refractivity contribution is 0.219. The van der Waals surface area contributed by atoms with Gasteiger partial charge in [-0.3, -0.25) is 0 Å². The average Bonchev–Trinajstić information content (AvgIpc) is 3.13. The van der Waals surface area contributed by atoms with Gasteiger partial charge in [0.1, 0.15) is 0 Å². The summed E-state index contributed by atoms with van der Waals surface area (Å²) in [7, 11) is 0. The molecule has 1 aliphatic heterocycles. The summed E-state index contributed by atoms with van der Waals surface area (Å²) in [5.41, 5.74) is 0. The maximum absolute atomic E-state index is 4.47. The first-order chi connectivity index (χ1) is 8.86. The van der Waals surface area contributed by atoms with Crippen LogP contribution in [0.4, 0.5) is 5.95 Å². The number of hydrogen-bond acceptors (Lipinski definition) is 3. The number of aromatic nitrogens is 2. The van der Waals surface area contributed by atoms with Gasteiger partial charge in [-0.25, -0.2) is 4.98 Å². The number of anilines is 1. The van der Waals surface area contributed by atoms with Crippen LogP contribution in [0, 0.1) is 0 Å². The predicted molar refractivity (Wildman–Crippen MR) is 73.9 cm³/mol. The maximum Gasteiger partial charge on any atom is 0.203 e. The number of hydrogen-bond donors (Lipinski definition) is 1. The highest BCUT2D eigenvalue weighted by atomic mass is 15.2. The molecule has 0 spiro atoms. The van der Waals surface area contributed by atoms with E-state index in [1.165, 1.54) is 51.7 Å². The highest BCUT2D eigenvalue weighted by molar-refractivity contribution is 5.29. The van der Waals surface area contributed by atoms with Crippen LogP contribution < -0.4 is 5.32 Å². The topological polar surface area (TPSA) is 33.1 Å². The quantitative estimate of drug-likeness (QED) is 0.869. The fourth-order valence-corrected chi connectivity index (χ4v) is 2.87. The molecule has 1 saturated carbocycles. The van der Waals surface area contributed by atoms with E-state index < -0.39 is 0 Å². The minimum Gasteiger partial charge on any atom is -0.353 e. The monoisotopic (exact) mass is 248 g/mol. The number of nitrogens with zero attached hydrogens (tertiary/aromatic N) is 3. The van der Waals surface area contributed by atoms with Gasteiger partial charge < -0.3 is 14.8 Å². The molecular formula is C14H24N4. The van der Waals surface area contributed by atoms with Gasteiger partial charge in [0.05, 0.1) is 0 Å². The molecule has 0 aromatic carbocycles. The Labute approximate surface area is 109 Å². The van der Waals surface area contributed by atoms with E-state index in [2.05, 4.69) is 32.9 Å². The molecule has 1 aliphatic carbocycles. The molecule has 0 amide bonds. The lowest BCUT2D eigenvalue weighted by Crippen LogP contribution is -2.39. The molecule has 0 unspecified atom stereocenters. The van der Waals surface area contributed by atoms with E-state index in [4.69, 9.17) is 0 Å². The first kappa shape index (κ1) is 12.0. The molecule has 0 radical (unpaired) electrons. The molecule has 2 aliphatic rings. The van der Waals surface area contributed by atoms with E-state index in [-0.39, 0.29) is 0 Å². The molecule has 4 nitrogen and oxygen atoms in total. The third kappa shape index (κ3) is 2.69. The molecule has 100 valence electrons. The second-order valence-electron chi connectivity index (χ2n) is 5.65. The van der Waals surface area contributed by atoms with Crippen molar-refractivity contribution in [1.29, 1.82) is 0 Å². The Morgan fingerprint density at radius 2 is 2.06 bits per heavy atom. The summed E-state index contributed by atoms with van der Waals surface area (Å²) in [6.07, 6.45) is 10.4. The van der Waals surface area contributed by atoms with Crippen molar-refractivity contribution in [2.24, 2.45) is 0 Å². The summed E-state index contributed by atoms with van der Waals surface area (Å²) < 4.78 is 2.32. The number of nitrogens with one attached hydrogen (secondary N) is 1. The van der Waals surface area contributed by atoms with Crippen molar-refractivity contribution in [3.63, 3.8) is 0 Å². The van der Waals surface area contributed by atoms with Crippen LogP contribution in [0.25, 0.3) is 0 Å². The minimum absolute atomic E-state index is 0.609. The van der Waals surface area contributed by atoms with Gasteiger partial charge >= 0.3 is 0 Å². The number of rotatable bonds is 5. The first-order valence-electron chi connectivity index (χ1n) is 7.38. The van der Waals surface area contributed by atoms with Gasteiger partial charge in [-0.2, -0.15) is 0 Å². The molecule has 1 saturated heterocycles. The van der Waals surface area contributed by atoms with Gasteiger partial charge in [0.2, 0.25) is 5.95 Å². The Kier molecular flexibility index (Phi) is 3.55. The lowest BCUT2D eigenvalue weighted by atomic mass is 10.1. The summed E-state index contributed by atoms with van der Waals surface area (Å²) >= 11 is 0. The van der Waals surface area contributed by atoms with E-state index in [0.29, 0.717) is 6.04 Å². The highest BCUT2D eigenvalue weighted by Gasteiger charge is 2.27. The zero-order valence-electron chi connectivity index (χ0n) is 11.3. The maximum atomic E-state index is 4.47. The second kappa shape index (κ2) is 5.31. The van der Waals surface area contributed by atoms with E-state index in [1.54, 1.807) is 0 Å². The van der Waals surface area contributed by atoms with Gasteiger partial charge in [-0.15, -0.1) is 0 Å². The molecule has 18 heavy (non-hydrogen) atoms. The van der Waals surface area contributed by atoms with Gasteiger partial charge in [0, 0.05) is 37.6 Å². The van der Waals surface area contributed by atoms with Crippen LogP contribution in [-0.4, -0.2) is 40.1 Å². The summed E-state index contributed by atoms with van der Waals surface area (Å²) in [6, 6.07) is 1.33. The third-order valence-corrected chi connectivity index (χ3v) is 4.07. The predicted octanol–water partition coefficient (Wildman–Crippen LogP) is 2.50. The van der Waals surface area contributed by atoms with Crippen molar-refractivity contribution < 1.29 is 0 Å². The number of imidazole rings is 1.